The first-order valence-electron chi connectivity index (χ1n) is 9.86. The lowest BCUT2D eigenvalue weighted by atomic mass is 10.1. The number of carbonyl (C=O) groups is 1. The van der Waals surface area contributed by atoms with Crippen LogP contribution in [0.3, 0.4) is 0 Å². The predicted octanol–water partition coefficient (Wildman–Crippen LogP) is 3.81. The molecule has 7 heteroatoms. The molecule has 0 fully saturated rings. The number of aryl methyl sites for hydroxylation is 3. The molecule has 0 radical (unpaired) electrons. The molecule has 4 rings (SSSR count). The van der Waals surface area contributed by atoms with E-state index in [1.54, 1.807) is 16.8 Å². The van der Waals surface area contributed by atoms with Gasteiger partial charge in [0.15, 0.2) is 0 Å². The Bertz CT molecular complexity index is 1140. The third-order valence-electron chi connectivity index (χ3n) is 4.88. The summed E-state index contributed by atoms with van der Waals surface area (Å²) in [5.41, 5.74) is 4.52. The van der Waals surface area contributed by atoms with Gasteiger partial charge in [0, 0.05) is 36.5 Å². The van der Waals surface area contributed by atoms with E-state index in [4.69, 9.17) is 4.42 Å². The highest BCUT2D eigenvalue weighted by molar-refractivity contribution is 5.94. The Morgan fingerprint density at radius 3 is 2.57 bits per heavy atom. The van der Waals surface area contributed by atoms with E-state index in [0.29, 0.717) is 23.9 Å². The first-order valence-corrected chi connectivity index (χ1v) is 9.86. The number of benzene rings is 2. The van der Waals surface area contributed by atoms with E-state index in [1.807, 2.05) is 62.8 Å². The highest BCUT2D eigenvalue weighted by atomic mass is 16.4. The summed E-state index contributed by atoms with van der Waals surface area (Å²) in [6.45, 7) is 2.61. The number of carbonyl (C=O) groups excluding carboxylic acids is 1. The van der Waals surface area contributed by atoms with Crippen LogP contribution in [-0.2, 0) is 13.5 Å². The second-order valence-electron chi connectivity index (χ2n) is 7.19. The standard InChI is InChI=1S/C23H23N5O2/c1-16-6-3-4-8-20(16)23-27-26-22(30-23)19-11-9-18(10-12-19)21(29)24-13-5-7-17-14-25-28(2)15-17/h3-4,6,8-12,14-15H,5,7,13H2,1-2H3,(H,24,29). The SMILES string of the molecule is Cc1ccccc1-c1nnc(-c2ccc(C(=O)NCCCc3cnn(C)c3)cc2)o1. The van der Waals surface area contributed by atoms with Crippen molar-refractivity contribution in [2.75, 3.05) is 6.54 Å². The first-order chi connectivity index (χ1) is 14.6. The molecule has 1 N–H and O–H groups in total. The van der Waals surface area contributed by atoms with Crippen LogP contribution in [0.15, 0.2) is 65.3 Å². The lowest BCUT2D eigenvalue weighted by Crippen LogP contribution is -2.24. The van der Waals surface area contributed by atoms with Crippen molar-refractivity contribution in [2.45, 2.75) is 19.8 Å². The molecule has 2 heterocycles. The number of nitrogens with zero attached hydrogens (tertiary/aromatic N) is 4. The molecule has 0 aliphatic rings. The normalized spacial score (nSPS) is 10.9. The van der Waals surface area contributed by atoms with E-state index in [2.05, 4.69) is 20.6 Å². The summed E-state index contributed by atoms with van der Waals surface area (Å²) in [6, 6.07) is 15.0. The summed E-state index contributed by atoms with van der Waals surface area (Å²) < 4.78 is 7.61. The van der Waals surface area contributed by atoms with Gasteiger partial charge in [0.2, 0.25) is 11.8 Å². The molecule has 2 aromatic carbocycles. The molecule has 30 heavy (non-hydrogen) atoms. The minimum Gasteiger partial charge on any atom is -0.416 e. The van der Waals surface area contributed by atoms with Crippen LogP contribution in [0.1, 0.15) is 27.9 Å². The van der Waals surface area contributed by atoms with Crippen LogP contribution in [-0.4, -0.2) is 32.4 Å². The first kappa shape index (κ1) is 19.6. The molecule has 152 valence electrons. The number of rotatable bonds is 7. The molecule has 0 aliphatic carbocycles. The van der Waals surface area contributed by atoms with Crippen LogP contribution >= 0.6 is 0 Å². The maximum absolute atomic E-state index is 12.4. The van der Waals surface area contributed by atoms with Gasteiger partial charge in [-0.05, 0) is 61.2 Å². The average molecular weight is 401 g/mol. The molecular formula is C23H23N5O2. The molecule has 0 spiro atoms. The molecule has 7 nitrogen and oxygen atoms in total. The Hall–Kier alpha value is -3.74. The Morgan fingerprint density at radius 2 is 1.83 bits per heavy atom. The van der Waals surface area contributed by atoms with E-state index in [9.17, 15) is 4.79 Å². The summed E-state index contributed by atoms with van der Waals surface area (Å²) in [4.78, 5) is 12.4. The third-order valence-corrected chi connectivity index (χ3v) is 4.88. The molecule has 0 unspecified atom stereocenters. The van der Waals surface area contributed by atoms with Crippen molar-refractivity contribution >= 4 is 5.91 Å². The fourth-order valence-electron chi connectivity index (χ4n) is 3.22. The molecular weight excluding hydrogens is 378 g/mol. The van der Waals surface area contributed by atoms with Gasteiger partial charge in [-0.25, -0.2) is 0 Å². The second kappa shape index (κ2) is 8.73. The minimum atomic E-state index is -0.0983. The summed E-state index contributed by atoms with van der Waals surface area (Å²) in [7, 11) is 1.90. The number of hydrogen-bond donors (Lipinski definition) is 1. The number of amides is 1. The Balaban J connectivity index is 1.34. The van der Waals surface area contributed by atoms with Gasteiger partial charge in [-0.2, -0.15) is 5.10 Å². The second-order valence-corrected chi connectivity index (χ2v) is 7.19. The van der Waals surface area contributed by atoms with Gasteiger partial charge in [-0.3, -0.25) is 9.48 Å². The van der Waals surface area contributed by atoms with Gasteiger partial charge in [-0.1, -0.05) is 18.2 Å². The third kappa shape index (κ3) is 4.46. The monoisotopic (exact) mass is 401 g/mol. The maximum Gasteiger partial charge on any atom is 0.251 e. The zero-order chi connectivity index (χ0) is 20.9. The number of aromatic nitrogens is 4. The molecule has 4 aromatic rings. The minimum absolute atomic E-state index is 0.0983. The van der Waals surface area contributed by atoms with Crippen LogP contribution < -0.4 is 5.32 Å². The van der Waals surface area contributed by atoms with E-state index in [-0.39, 0.29) is 5.91 Å². The van der Waals surface area contributed by atoms with Gasteiger partial charge < -0.3 is 9.73 Å². The highest BCUT2D eigenvalue weighted by Gasteiger charge is 2.13. The topological polar surface area (TPSA) is 85.8 Å². The highest BCUT2D eigenvalue weighted by Crippen LogP contribution is 2.26. The summed E-state index contributed by atoms with van der Waals surface area (Å²) >= 11 is 0. The van der Waals surface area contributed by atoms with E-state index in [0.717, 1.165) is 29.5 Å². The zero-order valence-electron chi connectivity index (χ0n) is 17.0. The van der Waals surface area contributed by atoms with Crippen LogP contribution in [0, 0.1) is 6.92 Å². The lowest BCUT2D eigenvalue weighted by Gasteiger charge is -2.05. The van der Waals surface area contributed by atoms with Crippen molar-refractivity contribution in [3.05, 3.63) is 77.6 Å². The van der Waals surface area contributed by atoms with E-state index >= 15 is 0 Å². The molecule has 0 aliphatic heterocycles. The van der Waals surface area contributed by atoms with Crippen LogP contribution in [0.4, 0.5) is 0 Å². The van der Waals surface area contributed by atoms with Crippen molar-refractivity contribution in [3.8, 4) is 22.9 Å². The summed E-state index contributed by atoms with van der Waals surface area (Å²) in [5, 5.41) is 15.4. The molecule has 1 amide bonds. The van der Waals surface area contributed by atoms with Crippen LogP contribution in [0.25, 0.3) is 22.9 Å². The van der Waals surface area contributed by atoms with Gasteiger partial charge >= 0.3 is 0 Å². The smallest absolute Gasteiger partial charge is 0.251 e. The molecule has 0 atom stereocenters. The number of hydrogen-bond acceptors (Lipinski definition) is 5. The van der Waals surface area contributed by atoms with Crippen molar-refractivity contribution in [3.63, 3.8) is 0 Å². The Kier molecular flexibility index (Phi) is 5.70. The Morgan fingerprint density at radius 1 is 1.07 bits per heavy atom. The quantitative estimate of drug-likeness (QED) is 0.476. The largest absolute Gasteiger partial charge is 0.416 e. The van der Waals surface area contributed by atoms with Gasteiger partial charge in [0.05, 0.1) is 6.20 Å². The zero-order valence-corrected chi connectivity index (χ0v) is 17.0. The lowest BCUT2D eigenvalue weighted by molar-refractivity contribution is 0.0953. The van der Waals surface area contributed by atoms with Gasteiger partial charge in [0.25, 0.3) is 5.91 Å². The molecule has 0 saturated carbocycles. The molecule has 0 bridgehead atoms. The summed E-state index contributed by atoms with van der Waals surface area (Å²) in [6.07, 6.45) is 5.58. The fraction of sp³-hybridized carbons (Fsp3) is 0.217. The van der Waals surface area contributed by atoms with Crippen molar-refractivity contribution in [1.29, 1.82) is 0 Å². The maximum atomic E-state index is 12.4. The van der Waals surface area contributed by atoms with Crippen molar-refractivity contribution in [1.82, 2.24) is 25.3 Å². The Labute approximate surface area is 174 Å². The van der Waals surface area contributed by atoms with Gasteiger partial charge in [0.1, 0.15) is 0 Å². The van der Waals surface area contributed by atoms with E-state index in [1.165, 1.54) is 5.56 Å². The average Bonchev–Trinajstić information content (AvgIpc) is 3.41. The van der Waals surface area contributed by atoms with E-state index < -0.39 is 0 Å². The number of nitrogens with one attached hydrogen (secondary N) is 1. The fourth-order valence-corrected chi connectivity index (χ4v) is 3.22. The molecule has 2 aromatic heterocycles. The predicted molar refractivity (Wildman–Crippen MR) is 114 cm³/mol. The van der Waals surface area contributed by atoms with Crippen molar-refractivity contribution < 1.29 is 9.21 Å². The molecule has 0 saturated heterocycles. The van der Waals surface area contributed by atoms with Gasteiger partial charge in [-0.15, -0.1) is 10.2 Å². The van der Waals surface area contributed by atoms with Crippen LogP contribution in [0.5, 0.6) is 0 Å². The van der Waals surface area contributed by atoms with Crippen LogP contribution in [0.2, 0.25) is 0 Å². The van der Waals surface area contributed by atoms with Crippen molar-refractivity contribution in [2.24, 2.45) is 7.05 Å². The summed E-state index contributed by atoms with van der Waals surface area (Å²) in [5.74, 6) is 0.814.